The molecular weight excluding hydrogens is 352 g/mol. The molecule has 1 saturated carbocycles. The van der Waals surface area contributed by atoms with Crippen LogP contribution < -0.4 is 5.32 Å². The Hall–Kier alpha value is -2.51. The van der Waals surface area contributed by atoms with Crippen molar-refractivity contribution in [1.82, 2.24) is 19.9 Å². The quantitative estimate of drug-likeness (QED) is 0.802. The second-order valence-electron chi connectivity index (χ2n) is 7.29. The van der Waals surface area contributed by atoms with E-state index in [1.165, 1.54) is 6.08 Å². The van der Waals surface area contributed by atoms with Crippen LogP contribution in [0.4, 0.5) is 14.6 Å². The Labute approximate surface area is 157 Å². The van der Waals surface area contributed by atoms with E-state index in [2.05, 4.69) is 33.8 Å². The van der Waals surface area contributed by atoms with Crippen molar-refractivity contribution in [1.29, 1.82) is 0 Å². The number of likely N-dealkylation sites (tertiary alicyclic amines) is 1. The molecule has 2 N–H and O–H groups in total. The number of carbonyl (C=O) groups excluding carboxylic acids is 1. The third kappa shape index (κ3) is 4.43. The van der Waals surface area contributed by atoms with E-state index in [1.807, 2.05) is 17.2 Å². The zero-order valence-corrected chi connectivity index (χ0v) is 15.6. The van der Waals surface area contributed by atoms with E-state index in [0.29, 0.717) is 6.54 Å². The van der Waals surface area contributed by atoms with Crippen LogP contribution in [0.3, 0.4) is 0 Å². The van der Waals surface area contributed by atoms with Crippen LogP contribution >= 0.6 is 0 Å². The number of H-pyrrole nitrogens is 1. The van der Waals surface area contributed by atoms with E-state index in [1.54, 1.807) is 13.3 Å². The van der Waals surface area contributed by atoms with Crippen molar-refractivity contribution in [3.63, 3.8) is 0 Å². The van der Waals surface area contributed by atoms with E-state index in [-0.39, 0.29) is 30.3 Å². The first-order chi connectivity index (χ1) is 12.8. The Kier molecular flexibility index (Phi) is 5.43. The fourth-order valence-corrected chi connectivity index (χ4v) is 3.18. The van der Waals surface area contributed by atoms with Gasteiger partial charge in [-0.15, -0.1) is 0 Å². The summed E-state index contributed by atoms with van der Waals surface area (Å²) in [7, 11) is 0. The summed E-state index contributed by atoms with van der Waals surface area (Å²) in [4.78, 5) is 25.3. The van der Waals surface area contributed by atoms with E-state index in [4.69, 9.17) is 0 Å². The molecule has 27 heavy (non-hydrogen) atoms. The van der Waals surface area contributed by atoms with Gasteiger partial charge in [-0.05, 0) is 31.9 Å². The highest BCUT2D eigenvalue weighted by atomic mass is 19.3. The average Bonchev–Trinajstić information content (AvgIpc) is 3.02. The SMILES string of the molecule is C=CC(=O)N1CC(Nc2ncnc3[nH]ccc23)CCC1C.CC1CC1(F)F. The normalized spacial score (nSPS) is 26.1. The van der Waals surface area contributed by atoms with Crippen LogP contribution in [0.15, 0.2) is 31.2 Å². The van der Waals surface area contributed by atoms with Crippen molar-refractivity contribution in [3.8, 4) is 0 Å². The molecule has 146 valence electrons. The number of fused-ring (bicyclic) bond motifs is 1. The molecule has 3 unspecified atom stereocenters. The summed E-state index contributed by atoms with van der Waals surface area (Å²) in [6.45, 7) is 7.88. The molecule has 1 aliphatic carbocycles. The zero-order chi connectivity index (χ0) is 19.6. The lowest BCUT2D eigenvalue weighted by atomic mass is 9.99. The number of piperidine rings is 1. The standard InChI is InChI=1S/C15H19N5O.C4H6F2/c1-3-13(21)20-8-11(5-4-10(20)2)19-15-12-6-7-16-14(12)17-9-18-15;1-3-2-4(3,5)6/h3,6-7,9-11H,1,4-5,8H2,2H3,(H2,16,17,18,19);3H,2H2,1H3. The Morgan fingerprint density at radius 1 is 1.41 bits per heavy atom. The van der Waals surface area contributed by atoms with Crippen molar-refractivity contribution >= 4 is 22.8 Å². The lowest BCUT2D eigenvalue weighted by Crippen LogP contribution is -2.49. The maximum Gasteiger partial charge on any atom is 0.251 e. The molecule has 8 heteroatoms. The molecule has 0 bridgehead atoms. The van der Waals surface area contributed by atoms with Gasteiger partial charge in [-0.1, -0.05) is 13.5 Å². The second-order valence-corrected chi connectivity index (χ2v) is 7.29. The molecule has 1 aliphatic heterocycles. The second kappa shape index (κ2) is 7.62. The molecule has 1 amide bonds. The maximum atomic E-state index is 11.9. The molecule has 0 radical (unpaired) electrons. The third-order valence-electron chi connectivity index (χ3n) is 5.17. The van der Waals surface area contributed by atoms with Crippen molar-refractivity contribution in [2.75, 3.05) is 11.9 Å². The fraction of sp³-hybridized carbons (Fsp3) is 0.526. The number of aromatic amines is 1. The first kappa shape index (κ1) is 19.3. The van der Waals surface area contributed by atoms with Gasteiger partial charge in [0.05, 0.1) is 5.39 Å². The molecule has 4 rings (SSSR count). The molecular formula is C19H25F2N5O. The maximum absolute atomic E-state index is 11.9. The zero-order valence-electron chi connectivity index (χ0n) is 15.6. The molecule has 0 aromatic carbocycles. The van der Waals surface area contributed by atoms with Crippen LogP contribution in [0.1, 0.15) is 33.1 Å². The summed E-state index contributed by atoms with van der Waals surface area (Å²) >= 11 is 0. The van der Waals surface area contributed by atoms with Gasteiger partial charge >= 0.3 is 0 Å². The number of anilines is 1. The van der Waals surface area contributed by atoms with Gasteiger partial charge in [-0.3, -0.25) is 4.79 Å². The number of halogens is 2. The third-order valence-corrected chi connectivity index (χ3v) is 5.17. The van der Waals surface area contributed by atoms with Crippen molar-refractivity contribution in [2.24, 2.45) is 5.92 Å². The number of rotatable bonds is 3. The Morgan fingerprint density at radius 2 is 2.11 bits per heavy atom. The lowest BCUT2D eigenvalue weighted by molar-refractivity contribution is -0.129. The number of carbonyl (C=O) groups is 1. The van der Waals surface area contributed by atoms with Crippen LogP contribution in [0.5, 0.6) is 0 Å². The summed E-state index contributed by atoms with van der Waals surface area (Å²) in [5.41, 5.74) is 0.815. The first-order valence-electron chi connectivity index (χ1n) is 9.17. The van der Waals surface area contributed by atoms with E-state index < -0.39 is 5.92 Å². The van der Waals surface area contributed by atoms with Gasteiger partial charge in [-0.25, -0.2) is 18.7 Å². The summed E-state index contributed by atoms with van der Waals surface area (Å²) in [5, 5.41) is 4.41. The van der Waals surface area contributed by atoms with Crippen LogP contribution in [0.25, 0.3) is 11.0 Å². The molecule has 2 aromatic heterocycles. The van der Waals surface area contributed by atoms with Crippen molar-refractivity contribution < 1.29 is 13.6 Å². The largest absolute Gasteiger partial charge is 0.365 e. The van der Waals surface area contributed by atoms with E-state index >= 15 is 0 Å². The fourth-order valence-electron chi connectivity index (χ4n) is 3.18. The monoisotopic (exact) mass is 377 g/mol. The minimum absolute atomic E-state index is 0.0107. The highest BCUT2D eigenvalue weighted by Gasteiger charge is 2.53. The Balaban J connectivity index is 0.000000299. The van der Waals surface area contributed by atoms with Crippen molar-refractivity contribution in [3.05, 3.63) is 31.2 Å². The summed E-state index contributed by atoms with van der Waals surface area (Å²) < 4.78 is 23.1. The van der Waals surface area contributed by atoms with Gasteiger partial charge in [0.1, 0.15) is 17.8 Å². The number of amides is 1. The minimum Gasteiger partial charge on any atom is -0.365 e. The Morgan fingerprint density at radius 3 is 2.74 bits per heavy atom. The molecule has 0 spiro atoms. The van der Waals surface area contributed by atoms with Gasteiger partial charge in [0, 0.05) is 37.2 Å². The average molecular weight is 377 g/mol. The van der Waals surface area contributed by atoms with Gasteiger partial charge in [0.2, 0.25) is 5.91 Å². The molecule has 2 fully saturated rings. The van der Waals surface area contributed by atoms with Gasteiger partial charge in [0.15, 0.2) is 0 Å². The van der Waals surface area contributed by atoms with Crippen LogP contribution in [-0.2, 0) is 4.79 Å². The number of nitrogens with one attached hydrogen (secondary N) is 2. The molecule has 3 heterocycles. The van der Waals surface area contributed by atoms with Gasteiger partial charge in [0.25, 0.3) is 5.92 Å². The molecule has 2 aliphatic rings. The summed E-state index contributed by atoms with van der Waals surface area (Å²) in [6.07, 6.45) is 6.86. The number of alkyl halides is 2. The van der Waals surface area contributed by atoms with Crippen LogP contribution in [0.2, 0.25) is 0 Å². The predicted molar refractivity (Wildman–Crippen MR) is 101 cm³/mol. The number of hydrogen-bond donors (Lipinski definition) is 2. The highest BCUT2D eigenvalue weighted by Crippen LogP contribution is 2.47. The Bertz CT molecular complexity index is 821. The number of nitrogens with zero attached hydrogens (tertiary/aromatic N) is 3. The van der Waals surface area contributed by atoms with E-state index in [0.717, 1.165) is 29.7 Å². The van der Waals surface area contributed by atoms with Gasteiger partial charge in [-0.2, -0.15) is 0 Å². The molecule has 3 atom stereocenters. The summed E-state index contributed by atoms with van der Waals surface area (Å²) in [6, 6.07) is 2.40. The van der Waals surface area contributed by atoms with E-state index in [9.17, 15) is 13.6 Å². The van der Waals surface area contributed by atoms with Crippen LogP contribution in [-0.4, -0.2) is 50.3 Å². The smallest absolute Gasteiger partial charge is 0.251 e. The number of hydrogen-bond acceptors (Lipinski definition) is 4. The molecule has 2 aromatic rings. The summed E-state index contributed by atoms with van der Waals surface area (Å²) in [5.74, 6) is -1.83. The van der Waals surface area contributed by atoms with Crippen molar-refractivity contribution in [2.45, 2.75) is 51.1 Å². The molecule has 1 saturated heterocycles. The van der Waals surface area contributed by atoms with Crippen LogP contribution in [0, 0.1) is 5.92 Å². The predicted octanol–water partition coefficient (Wildman–Crippen LogP) is 3.60. The number of aromatic nitrogens is 3. The highest BCUT2D eigenvalue weighted by molar-refractivity contribution is 5.88. The lowest BCUT2D eigenvalue weighted by Gasteiger charge is -2.38. The topological polar surface area (TPSA) is 73.9 Å². The minimum atomic E-state index is -2.29. The molecule has 6 nitrogen and oxygen atoms in total. The van der Waals surface area contributed by atoms with Gasteiger partial charge < -0.3 is 15.2 Å². The first-order valence-corrected chi connectivity index (χ1v) is 9.17.